The number of hydrogen-bond donors (Lipinski definition) is 0. The van der Waals surface area contributed by atoms with Crippen LogP contribution in [0.25, 0.3) is 0 Å². The Kier molecular flexibility index (Phi) is 5.37. The summed E-state index contributed by atoms with van der Waals surface area (Å²) in [6.45, 7) is 4.41. The van der Waals surface area contributed by atoms with E-state index in [0.29, 0.717) is 6.42 Å². The first-order valence-electron chi connectivity index (χ1n) is 5.37. The van der Waals surface area contributed by atoms with Crippen molar-refractivity contribution in [3.63, 3.8) is 0 Å². The van der Waals surface area contributed by atoms with E-state index in [2.05, 4.69) is 0 Å². The fraction of sp³-hybridized carbons (Fsp3) is 0.900. The second-order valence-electron chi connectivity index (χ2n) is 4.92. The molecule has 0 N–H and O–H groups in total. The van der Waals surface area contributed by atoms with Crippen molar-refractivity contribution in [1.82, 2.24) is 0 Å². The summed E-state index contributed by atoms with van der Waals surface area (Å²) < 4.78 is 48.5. The Morgan fingerprint density at radius 1 is 1.11 bits per heavy atom. The molecule has 0 fully saturated rings. The largest absolute Gasteiger partial charge is 0.463 e. The minimum absolute atomic E-state index is 0.508. The Morgan fingerprint density at radius 2 is 1.50 bits per heavy atom. The monoisotopic (exact) mass is 300 g/mol. The van der Waals surface area contributed by atoms with Crippen LogP contribution in [0.3, 0.4) is 0 Å². The zero-order valence-electron chi connectivity index (χ0n) is 11.3. The molecule has 0 unspecified atom stereocenters. The summed E-state index contributed by atoms with van der Waals surface area (Å²) in [4.78, 5) is 11.6. The summed E-state index contributed by atoms with van der Waals surface area (Å²) in [7, 11) is -7.67. The highest BCUT2D eigenvalue weighted by Crippen LogP contribution is 2.22. The summed E-state index contributed by atoms with van der Waals surface area (Å²) in [5.74, 6) is -0.609. The second-order valence-corrected chi connectivity index (χ2v) is 9.68. The van der Waals surface area contributed by atoms with Crippen LogP contribution in [-0.4, -0.2) is 46.5 Å². The molecule has 0 aromatic rings. The van der Waals surface area contributed by atoms with Gasteiger partial charge in [0, 0.05) is 12.5 Å². The fourth-order valence-electron chi connectivity index (χ4n) is 1.05. The van der Waals surface area contributed by atoms with E-state index in [9.17, 15) is 21.6 Å². The number of esters is 1. The van der Waals surface area contributed by atoms with Gasteiger partial charge in [-0.15, -0.1) is 0 Å². The van der Waals surface area contributed by atoms with E-state index in [4.69, 9.17) is 4.74 Å². The summed E-state index contributed by atoms with van der Waals surface area (Å²) in [6, 6.07) is 0. The lowest BCUT2D eigenvalue weighted by Crippen LogP contribution is -2.36. The lowest BCUT2D eigenvalue weighted by Gasteiger charge is -2.22. The summed E-state index contributed by atoms with van der Waals surface area (Å²) in [6.07, 6.45) is 2.11. The van der Waals surface area contributed by atoms with Crippen molar-refractivity contribution < 1.29 is 26.4 Å². The predicted molar refractivity (Wildman–Crippen MR) is 68.5 cm³/mol. The summed E-state index contributed by atoms with van der Waals surface area (Å²) >= 11 is 0. The average molecular weight is 300 g/mol. The highest BCUT2D eigenvalue weighted by Gasteiger charge is 2.35. The van der Waals surface area contributed by atoms with E-state index in [1.54, 1.807) is 20.8 Å². The van der Waals surface area contributed by atoms with Gasteiger partial charge in [0.15, 0.2) is 24.3 Å². The van der Waals surface area contributed by atoms with Gasteiger partial charge in [-0.05, 0) is 20.3 Å². The first-order valence-corrected chi connectivity index (χ1v) is 9.28. The predicted octanol–water partition coefficient (Wildman–Crippen LogP) is 0.381. The molecule has 0 saturated heterocycles. The highest BCUT2D eigenvalue weighted by molar-refractivity contribution is 8.08. The number of sulfone groups is 2. The van der Waals surface area contributed by atoms with Crippen molar-refractivity contribution in [3.8, 4) is 0 Å². The van der Waals surface area contributed by atoms with Crippen LogP contribution in [0.15, 0.2) is 0 Å². The van der Waals surface area contributed by atoms with Crippen molar-refractivity contribution in [2.24, 2.45) is 5.41 Å². The quantitative estimate of drug-likeness (QED) is 0.658. The Balaban J connectivity index is 4.94. The molecule has 0 aliphatic rings. The summed E-state index contributed by atoms with van der Waals surface area (Å²) in [5, 5.41) is 0. The van der Waals surface area contributed by atoms with Crippen molar-refractivity contribution in [2.45, 2.75) is 31.8 Å². The van der Waals surface area contributed by atoms with Gasteiger partial charge in [0.05, 0.1) is 5.41 Å². The van der Waals surface area contributed by atoms with Crippen molar-refractivity contribution >= 4 is 25.6 Å². The molecule has 0 amide bonds. The lowest BCUT2D eigenvalue weighted by molar-refractivity contribution is -0.153. The number of ether oxygens (including phenoxy) is 1. The molecule has 6 nitrogen and oxygen atoms in total. The number of carbonyl (C=O) groups is 1. The first kappa shape index (κ1) is 17.4. The van der Waals surface area contributed by atoms with E-state index in [1.165, 1.54) is 0 Å². The van der Waals surface area contributed by atoms with Crippen LogP contribution in [-0.2, 0) is 29.2 Å². The van der Waals surface area contributed by atoms with E-state index < -0.39 is 42.2 Å². The zero-order chi connectivity index (χ0) is 14.8. The first-order chi connectivity index (χ1) is 7.82. The molecule has 0 aromatic heterocycles. The molecule has 0 spiro atoms. The second kappa shape index (κ2) is 5.56. The maximum atomic E-state index is 11.6. The zero-order valence-corrected chi connectivity index (χ0v) is 12.9. The molecule has 0 rings (SSSR count). The Hall–Kier alpha value is -0.630. The van der Waals surface area contributed by atoms with Crippen LogP contribution >= 0.6 is 0 Å². The molecule has 0 saturated carbocycles. The van der Waals surface area contributed by atoms with Gasteiger partial charge < -0.3 is 4.74 Å². The molecule has 0 aromatic carbocycles. The topological polar surface area (TPSA) is 94.6 Å². The standard InChI is InChI=1S/C10H20O6S2/c1-6-10(2,3)9(11)16-7-8(17(4,12)13)18(5,14)15/h8H,6-7H2,1-5H3. The Morgan fingerprint density at radius 3 is 1.78 bits per heavy atom. The third-order valence-electron chi connectivity index (χ3n) is 2.74. The molecular weight excluding hydrogens is 280 g/mol. The van der Waals surface area contributed by atoms with Gasteiger partial charge in [-0.3, -0.25) is 4.79 Å². The molecule has 0 radical (unpaired) electrons. The van der Waals surface area contributed by atoms with E-state index in [0.717, 1.165) is 12.5 Å². The Bertz CT molecular complexity index is 468. The fourth-order valence-corrected chi connectivity index (χ4v) is 4.22. The minimum atomic E-state index is -3.84. The van der Waals surface area contributed by atoms with Gasteiger partial charge in [-0.2, -0.15) is 0 Å². The van der Waals surface area contributed by atoms with Crippen LogP contribution in [0.1, 0.15) is 27.2 Å². The minimum Gasteiger partial charge on any atom is -0.463 e. The maximum Gasteiger partial charge on any atom is 0.311 e. The van der Waals surface area contributed by atoms with Gasteiger partial charge in [0.2, 0.25) is 0 Å². The lowest BCUT2D eigenvalue weighted by atomic mass is 9.91. The van der Waals surface area contributed by atoms with Crippen molar-refractivity contribution in [1.29, 1.82) is 0 Å². The summed E-state index contributed by atoms with van der Waals surface area (Å²) in [5.41, 5.74) is -0.764. The molecule has 108 valence electrons. The molecule has 18 heavy (non-hydrogen) atoms. The molecule has 0 atom stereocenters. The van der Waals surface area contributed by atoms with E-state index in [1.807, 2.05) is 0 Å². The number of carbonyl (C=O) groups excluding carboxylic acids is 1. The number of hydrogen-bond acceptors (Lipinski definition) is 6. The van der Waals surface area contributed by atoms with Gasteiger partial charge >= 0.3 is 5.97 Å². The number of rotatable bonds is 6. The third-order valence-corrected chi connectivity index (χ3v) is 7.02. The van der Waals surface area contributed by atoms with E-state index in [-0.39, 0.29) is 0 Å². The third kappa shape index (κ3) is 4.93. The van der Waals surface area contributed by atoms with Crippen LogP contribution in [0.2, 0.25) is 0 Å². The molecular formula is C10H20O6S2. The van der Waals surface area contributed by atoms with Gasteiger partial charge in [-0.25, -0.2) is 16.8 Å². The molecule has 0 aliphatic heterocycles. The molecule has 0 bridgehead atoms. The van der Waals surface area contributed by atoms with Crippen molar-refractivity contribution in [2.75, 3.05) is 19.1 Å². The average Bonchev–Trinajstić information content (AvgIpc) is 2.13. The Labute approximate surface area is 109 Å². The molecule has 0 heterocycles. The molecule has 8 heteroatoms. The van der Waals surface area contributed by atoms with Crippen LogP contribution in [0, 0.1) is 5.41 Å². The van der Waals surface area contributed by atoms with Gasteiger partial charge in [0.1, 0.15) is 6.61 Å². The SMILES string of the molecule is CCC(C)(C)C(=O)OCC(S(C)(=O)=O)S(C)(=O)=O. The van der Waals surface area contributed by atoms with Crippen LogP contribution < -0.4 is 0 Å². The normalized spacial score (nSPS) is 13.7. The van der Waals surface area contributed by atoms with Gasteiger partial charge in [0.25, 0.3) is 0 Å². The molecule has 0 aliphatic carbocycles. The van der Waals surface area contributed by atoms with Crippen LogP contribution in [0.4, 0.5) is 0 Å². The smallest absolute Gasteiger partial charge is 0.311 e. The van der Waals surface area contributed by atoms with E-state index >= 15 is 0 Å². The highest BCUT2D eigenvalue weighted by atomic mass is 32.3. The maximum absolute atomic E-state index is 11.6. The van der Waals surface area contributed by atoms with Crippen molar-refractivity contribution in [3.05, 3.63) is 0 Å². The van der Waals surface area contributed by atoms with Gasteiger partial charge in [-0.1, -0.05) is 6.92 Å². The van der Waals surface area contributed by atoms with Crippen LogP contribution in [0.5, 0.6) is 0 Å².